The van der Waals surface area contributed by atoms with Crippen LogP contribution in [0.3, 0.4) is 0 Å². The van der Waals surface area contributed by atoms with Gasteiger partial charge >= 0.3 is 0 Å². The van der Waals surface area contributed by atoms with Crippen LogP contribution in [-0.2, 0) is 6.42 Å². The Kier molecular flexibility index (Phi) is 7.96. The van der Waals surface area contributed by atoms with Crippen LogP contribution >= 0.6 is 0 Å². The SMILES string of the molecule is CCc1ccc(N(c2nc(N)nc(NCC3CCCCC3)n2)C(CC)C2CCCN2)cc1F. The number of rotatable bonds is 9. The van der Waals surface area contributed by atoms with Gasteiger partial charge in [0.05, 0.1) is 6.04 Å². The van der Waals surface area contributed by atoms with E-state index < -0.39 is 0 Å². The Morgan fingerprint density at radius 3 is 2.61 bits per heavy atom. The van der Waals surface area contributed by atoms with E-state index in [-0.39, 0.29) is 23.8 Å². The van der Waals surface area contributed by atoms with Gasteiger partial charge in [-0.15, -0.1) is 0 Å². The molecule has 1 saturated heterocycles. The summed E-state index contributed by atoms with van der Waals surface area (Å²) in [5.74, 6) is 1.58. The van der Waals surface area contributed by atoms with E-state index in [2.05, 4.69) is 32.4 Å². The van der Waals surface area contributed by atoms with Gasteiger partial charge in [0.15, 0.2) is 0 Å². The zero-order valence-corrected chi connectivity index (χ0v) is 20.0. The number of aryl methyl sites for hydroxylation is 1. The Balaban J connectivity index is 1.66. The fourth-order valence-corrected chi connectivity index (χ4v) is 5.31. The van der Waals surface area contributed by atoms with Crippen molar-refractivity contribution in [1.29, 1.82) is 0 Å². The summed E-state index contributed by atoms with van der Waals surface area (Å²) in [7, 11) is 0. The third-order valence-electron chi connectivity index (χ3n) is 7.14. The monoisotopic (exact) mass is 455 g/mol. The fraction of sp³-hybridized carbons (Fsp3) is 0.640. The van der Waals surface area contributed by atoms with Crippen molar-refractivity contribution < 1.29 is 4.39 Å². The zero-order chi connectivity index (χ0) is 23.2. The second kappa shape index (κ2) is 11.1. The molecule has 2 unspecified atom stereocenters. The molecular formula is C25H38FN7. The Bertz CT molecular complexity index is 910. The van der Waals surface area contributed by atoms with Gasteiger partial charge in [0, 0.05) is 18.3 Å². The summed E-state index contributed by atoms with van der Waals surface area (Å²) >= 11 is 0. The van der Waals surface area contributed by atoms with Gasteiger partial charge in [-0.2, -0.15) is 15.0 Å². The highest BCUT2D eigenvalue weighted by Crippen LogP contribution is 2.32. The van der Waals surface area contributed by atoms with Gasteiger partial charge in [0.25, 0.3) is 0 Å². The van der Waals surface area contributed by atoms with Crippen LogP contribution in [0.1, 0.15) is 70.8 Å². The number of halogens is 1. The fourth-order valence-electron chi connectivity index (χ4n) is 5.31. The summed E-state index contributed by atoms with van der Waals surface area (Å²) in [5, 5.41) is 7.01. The first-order valence-corrected chi connectivity index (χ1v) is 12.7. The molecule has 0 spiro atoms. The third-order valence-corrected chi connectivity index (χ3v) is 7.14. The average molecular weight is 456 g/mol. The van der Waals surface area contributed by atoms with Crippen LogP contribution in [0.4, 0.5) is 27.9 Å². The van der Waals surface area contributed by atoms with Crippen molar-refractivity contribution in [2.75, 3.05) is 29.0 Å². The van der Waals surface area contributed by atoms with Crippen LogP contribution in [0, 0.1) is 11.7 Å². The molecule has 2 aromatic rings. The summed E-state index contributed by atoms with van der Waals surface area (Å²) in [6.45, 7) is 5.95. The summed E-state index contributed by atoms with van der Waals surface area (Å²) < 4.78 is 14.8. The smallest absolute Gasteiger partial charge is 0.236 e. The first-order chi connectivity index (χ1) is 16.1. The van der Waals surface area contributed by atoms with Crippen LogP contribution in [0.5, 0.6) is 0 Å². The van der Waals surface area contributed by atoms with Crippen molar-refractivity contribution in [1.82, 2.24) is 20.3 Å². The average Bonchev–Trinajstić information content (AvgIpc) is 3.36. The molecule has 33 heavy (non-hydrogen) atoms. The lowest BCUT2D eigenvalue weighted by Gasteiger charge is -2.35. The minimum Gasteiger partial charge on any atom is -0.368 e. The summed E-state index contributed by atoms with van der Waals surface area (Å²) in [6.07, 6.45) is 10.1. The standard InChI is InChI=1S/C25H38FN7/c1-3-18-12-13-19(15-20(18)26)33(22(4-2)21-11-8-14-28-21)25-31-23(27)30-24(32-25)29-16-17-9-6-5-7-10-17/h12-13,15,17,21-22,28H,3-11,14,16H2,1-2H3,(H3,27,29,30,31,32). The van der Waals surface area contributed by atoms with Gasteiger partial charge < -0.3 is 21.3 Å². The van der Waals surface area contributed by atoms with Crippen LogP contribution in [0.15, 0.2) is 18.2 Å². The topological polar surface area (TPSA) is 92.0 Å². The van der Waals surface area contributed by atoms with Gasteiger partial charge in [0.1, 0.15) is 5.82 Å². The Hall–Kier alpha value is -2.48. The molecule has 1 aromatic heterocycles. The lowest BCUT2D eigenvalue weighted by molar-refractivity contribution is 0.373. The quantitative estimate of drug-likeness (QED) is 0.499. The second-order valence-corrected chi connectivity index (χ2v) is 9.38. The van der Waals surface area contributed by atoms with Crippen molar-refractivity contribution in [3.8, 4) is 0 Å². The van der Waals surface area contributed by atoms with Crippen molar-refractivity contribution in [3.05, 3.63) is 29.6 Å². The van der Waals surface area contributed by atoms with Gasteiger partial charge in [-0.1, -0.05) is 39.2 Å². The summed E-state index contributed by atoms with van der Waals surface area (Å²) in [4.78, 5) is 15.7. The molecule has 2 fully saturated rings. The number of aromatic nitrogens is 3. The van der Waals surface area contributed by atoms with Crippen LogP contribution in [-0.4, -0.2) is 40.1 Å². The zero-order valence-electron chi connectivity index (χ0n) is 20.0. The normalized spacial score (nSPS) is 20.0. The minimum absolute atomic E-state index is 0.0763. The molecule has 0 radical (unpaired) electrons. The Labute approximate surface area is 196 Å². The lowest BCUT2D eigenvalue weighted by atomic mass is 9.89. The van der Waals surface area contributed by atoms with E-state index in [4.69, 9.17) is 10.7 Å². The minimum atomic E-state index is -0.202. The molecular weight excluding hydrogens is 417 g/mol. The van der Waals surface area contributed by atoms with E-state index in [1.165, 1.54) is 32.1 Å². The maximum atomic E-state index is 14.8. The highest BCUT2D eigenvalue weighted by molar-refractivity contribution is 5.61. The predicted molar refractivity (Wildman–Crippen MR) is 132 cm³/mol. The highest BCUT2D eigenvalue weighted by atomic mass is 19.1. The number of nitrogens with zero attached hydrogens (tertiary/aromatic N) is 4. The molecule has 2 atom stereocenters. The number of nitrogen functional groups attached to an aromatic ring is 1. The van der Waals surface area contributed by atoms with Gasteiger partial charge in [-0.3, -0.25) is 0 Å². The predicted octanol–water partition coefficient (Wildman–Crippen LogP) is 4.82. The van der Waals surface area contributed by atoms with E-state index in [0.29, 0.717) is 29.8 Å². The summed E-state index contributed by atoms with van der Waals surface area (Å²) in [6, 6.07) is 5.78. The lowest BCUT2D eigenvalue weighted by Crippen LogP contribution is -2.46. The first-order valence-electron chi connectivity index (χ1n) is 12.7. The number of nitrogens with one attached hydrogen (secondary N) is 2. The highest BCUT2D eigenvalue weighted by Gasteiger charge is 2.32. The van der Waals surface area contributed by atoms with Gasteiger partial charge in [-0.05, 0) is 68.7 Å². The van der Waals surface area contributed by atoms with Gasteiger partial charge in [0.2, 0.25) is 17.8 Å². The molecule has 4 N–H and O–H groups in total. The number of benzene rings is 1. The van der Waals surface area contributed by atoms with E-state index in [0.717, 1.165) is 38.0 Å². The van der Waals surface area contributed by atoms with Crippen LogP contribution in [0.2, 0.25) is 0 Å². The van der Waals surface area contributed by atoms with Gasteiger partial charge in [-0.25, -0.2) is 4.39 Å². The molecule has 1 saturated carbocycles. The number of hydrogen-bond acceptors (Lipinski definition) is 7. The van der Waals surface area contributed by atoms with E-state index in [9.17, 15) is 4.39 Å². The van der Waals surface area contributed by atoms with Crippen molar-refractivity contribution in [2.45, 2.75) is 83.7 Å². The van der Waals surface area contributed by atoms with Crippen LogP contribution in [0.25, 0.3) is 0 Å². The van der Waals surface area contributed by atoms with Crippen molar-refractivity contribution in [2.24, 2.45) is 5.92 Å². The molecule has 2 heterocycles. The third kappa shape index (κ3) is 5.72. The van der Waals surface area contributed by atoms with E-state index in [1.807, 2.05) is 19.1 Å². The summed E-state index contributed by atoms with van der Waals surface area (Å²) in [5.41, 5.74) is 7.58. The molecule has 1 aliphatic carbocycles. The molecule has 1 aromatic carbocycles. The largest absolute Gasteiger partial charge is 0.368 e. The molecule has 7 nitrogen and oxygen atoms in total. The molecule has 0 amide bonds. The Morgan fingerprint density at radius 1 is 1.12 bits per heavy atom. The molecule has 0 bridgehead atoms. The van der Waals surface area contributed by atoms with Crippen LogP contribution < -0.4 is 21.3 Å². The number of nitrogens with two attached hydrogens (primary N) is 1. The molecule has 180 valence electrons. The van der Waals surface area contributed by atoms with Crippen molar-refractivity contribution in [3.63, 3.8) is 0 Å². The Morgan fingerprint density at radius 2 is 1.94 bits per heavy atom. The molecule has 1 aliphatic heterocycles. The first kappa shape index (κ1) is 23.7. The van der Waals surface area contributed by atoms with E-state index >= 15 is 0 Å². The maximum Gasteiger partial charge on any atom is 0.236 e. The number of hydrogen-bond donors (Lipinski definition) is 3. The van der Waals surface area contributed by atoms with E-state index in [1.54, 1.807) is 6.07 Å². The maximum absolute atomic E-state index is 14.8. The molecule has 4 rings (SSSR count). The second-order valence-electron chi connectivity index (χ2n) is 9.38. The molecule has 8 heteroatoms. The number of anilines is 4. The van der Waals surface area contributed by atoms with Crippen molar-refractivity contribution >= 4 is 23.5 Å². The molecule has 2 aliphatic rings.